The molecule has 2 aromatic rings. The topological polar surface area (TPSA) is 93.2 Å². The van der Waals surface area contributed by atoms with Crippen LogP contribution in [0.2, 0.25) is 0 Å². The molecule has 1 fully saturated rings. The van der Waals surface area contributed by atoms with E-state index < -0.39 is 0 Å². The number of piperidine rings is 1. The molecule has 138 valence electrons. The van der Waals surface area contributed by atoms with Crippen LogP contribution in [-0.4, -0.2) is 45.6 Å². The van der Waals surface area contributed by atoms with Gasteiger partial charge in [0, 0.05) is 30.8 Å². The van der Waals surface area contributed by atoms with Crippen LogP contribution in [0, 0.1) is 13.8 Å². The molecule has 0 unspecified atom stereocenters. The van der Waals surface area contributed by atoms with Gasteiger partial charge in [-0.2, -0.15) is 5.10 Å². The van der Waals surface area contributed by atoms with Crippen molar-refractivity contribution in [3.63, 3.8) is 0 Å². The Kier molecular flexibility index (Phi) is 5.25. The number of benzene rings is 1. The van der Waals surface area contributed by atoms with Crippen molar-refractivity contribution in [3.8, 4) is 0 Å². The maximum absolute atomic E-state index is 12.5. The Bertz CT molecular complexity index is 789. The minimum Gasteiger partial charge on any atom is -0.384 e. The summed E-state index contributed by atoms with van der Waals surface area (Å²) in [5.74, 6) is 0.425. The fourth-order valence-electron chi connectivity index (χ4n) is 3.21. The SMILES string of the molecule is Cc1ccc(C(=O)N2CCC(NC(=O)Cn3nc(C)cc3N)CC2)cc1. The predicted molar refractivity (Wildman–Crippen MR) is 99.6 cm³/mol. The summed E-state index contributed by atoms with van der Waals surface area (Å²) >= 11 is 0. The van der Waals surface area contributed by atoms with Crippen molar-refractivity contribution >= 4 is 17.6 Å². The lowest BCUT2D eigenvalue weighted by Gasteiger charge is -2.32. The molecule has 1 aliphatic rings. The fourth-order valence-corrected chi connectivity index (χ4v) is 3.21. The highest BCUT2D eigenvalue weighted by Crippen LogP contribution is 2.15. The first-order chi connectivity index (χ1) is 12.4. The summed E-state index contributed by atoms with van der Waals surface area (Å²) in [6, 6.07) is 9.43. The van der Waals surface area contributed by atoms with E-state index in [0.717, 1.165) is 24.1 Å². The third kappa shape index (κ3) is 4.22. The number of nitrogens with zero attached hydrogens (tertiary/aromatic N) is 3. The van der Waals surface area contributed by atoms with E-state index in [0.29, 0.717) is 24.5 Å². The van der Waals surface area contributed by atoms with Gasteiger partial charge in [0.2, 0.25) is 5.91 Å². The number of rotatable bonds is 4. The summed E-state index contributed by atoms with van der Waals surface area (Å²) in [6.07, 6.45) is 1.49. The molecule has 3 N–H and O–H groups in total. The maximum atomic E-state index is 12.5. The van der Waals surface area contributed by atoms with Crippen molar-refractivity contribution in [2.75, 3.05) is 18.8 Å². The fraction of sp³-hybridized carbons (Fsp3) is 0.421. The lowest BCUT2D eigenvalue weighted by atomic mass is 10.0. The highest BCUT2D eigenvalue weighted by molar-refractivity contribution is 5.94. The molecular weight excluding hydrogens is 330 g/mol. The van der Waals surface area contributed by atoms with Gasteiger partial charge >= 0.3 is 0 Å². The van der Waals surface area contributed by atoms with Gasteiger partial charge in [-0.1, -0.05) is 17.7 Å². The lowest BCUT2D eigenvalue weighted by Crippen LogP contribution is -2.47. The molecule has 0 atom stereocenters. The van der Waals surface area contributed by atoms with Crippen LogP contribution in [0.3, 0.4) is 0 Å². The van der Waals surface area contributed by atoms with E-state index in [9.17, 15) is 9.59 Å². The molecule has 1 saturated heterocycles. The van der Waals surface area contributed by atoms with Crippen LogP contribution in [0.4, 0.5) is 5.82 Å². The molecule has 1 aliphatic heterocycles. The average molecular weight is 355 g/mol. The molecule has 0 bridgehead atoms. The number of carbonyl (C=O) groups is 2. The van der Waals surface area contributed by atoms with E-state index in [1.165, 1.54) is 4.68 Å². The molecular formula is C19H25N5O2. The predicted octanol–water partition coefficient (Wildman–Crippen LogP) is 1.50. The van der Waals surface area contributed by atoms with Crippen LogP contribution in [0.15, 0.2) is 30.3 Å². The third-order valence-corrected chi connectivity index (χ3v) is 4.67. The third-order valence-electron chi connectivity index (χ3n) is 4.67. The second kappa shape index (κ2) is 7.59. The lowest BCUT2D eigenvalue weighted by molar-refractivity contribution is -0.122. The Morgan fingerprint density at radius 1 is 1.19 bits per heavy atom. The number of hydrogen-bond donors (Lipinski definition) is 2. The molecule has 1 aromatic heterocycles. The van der Waals surface area contributed by atoms with Gasteiger partial charge in [-0.3, -0.25) is 9.59 Å². The van der Waals surface area contributed by atoms with Gasteiger partial charge in [-0.15, -0.1) is 0 Å². The number of nitrogen functional groups attached to an aromatic ring is 1. The van der Waals surface area contributed by atoms with E-state index in [2.05, 4.69) is 10.4 Å². The van der Waals surface area contributed by atoms with Crippen LogP contribution in [0.1, 0.15) is 34.5 Å². The van der Waals surface area contributed by atoms with Crippen molar-refractivity contribution in [1.82, 2.24) is 20.0 Å². The Balaban J connectivity index is 1.49. The van der Waals surface area contributed by atoms with E-state index >= 15 is 0 Å². The van der Waals surface area contributed by atoms with Gasteiger partial charge in [-0.25, -0.2) is 4.68 Å². The van der Waals surface area contributed by atoms with Gasteiger partial charge < -0.3 is 16.0 Å². The van der Waals surface area contributed by atoms with E-state index in [1.807, 2.05) is 43.0 Å². The summed E-state index contributed by atoms with van der Waals surface area (Å²) in [5, 5.41) is 7.21. The van der Waals surface area contributed by atoms with Gasteiger partial charge in [0.05, 0.1) is 5.69 Å². The van der Waals surface area contributed by atoms with E-state index in [1.54, 1.807) is 6.07 Å². The number of aromatic nitrogens is 2. The average Bonchev–Trinajstić information content (AvgIpc) is 2.92. The van der Waals surface area contributed by atoms with E-state index in [-0.39, 0.29) is 24.4 Å². The number of anilines is 1. The van der Waals surface area contributed by atoms with Crippen LogP contribution in [-0.2, 0) is 11.3 Å². The molecule has 0 spiro atoms. The number of nitrogens with two attached hydrogens (primary N) is 1. The number of hydrogen-bond acceptors (Lipinski definition) is 4. The number of likely N-dealkylation sites (tertiary alicyclic amines) is 1. The largest absolute Gasteiger partial charge is 0.384 e. The summed E-state index contributed by atoms with van der Waals surface area (Å²) in [5.41, 5.74) is 8.45. The Morgan fingerprint density at radius 2 is 1.85 bits per heavy atom. The van der Waals surface area contributed by atoms with Gasteiger partial charge in [0.15, 0.2) is 0 Å². The van der Waals surface area contributed by atoms with Gasteiger partial charge in [-0.05, 0) is 38.8 Å². The van der Waals surface area contributed by atoms with Crippen LogP contribution in [0.25, 0.3) is 0 Å². The molecule has 2 amide bonds. The minimum absolute atomic E-state index is 0.0505. The zero-order chi connectivity index (χ0) is 18.7. The normalized spacial score (nSPS) is 15.1. The molecule has 2 heterocycles. The number of aryl methyl sites for hydroxylation is 2. The highest BCUT2D eigenvalue weighted by atomic mass is 16.2. The smallest absolute Gasteiger partial charge is 0.253 e. The molecule has 7 nitrogen and oxygen atoms in total. The molecule has 26 heavy (non-hydrogen) atoms. The van der Waals surface area contributed by atoms with Crippen molar-refractivity contribution in [2.45, 2.75) is 39.3 Å². The van der Waals surface area contributed by atoms with Gasteiger partial charge in [0.25, 0.3) is 5.91 Å². The summed E-state index contributed by atoms with van der Waals surface area (Å²) in [7, 11) is 0. The first kappa shape index (κ1) is 18.0. The molecule has 1 aromatic carbocycles. The summed E-state index contributed by atoms with van der Waals surface area (Å²) in [6.45, 7) is 5.23. The quantitative estimate of drug-likeness (QED) is 0.869. The monoisotopic (exact) mass is 355 g/mol. The zero-order valence-electron chi connectivity index (χ0n) is 15.2. The van der Waals surface area contributed by atoms with Crippen LogP contribution < -0.4 is 11.1 Å². The Labute approximate surface area is 153 Å². The molecule has 0 saturated carbocycles. The first-order valence-corrected chi connectivity index (χ1v) is 8.87. The minimum atomic E-state index is -0.108. The number of nitrogens with one attached hydrogen (secondary N) is 1. The van der Waals surface area contributed by atoms with Crippen molar-refractivity contribution in [1.29, 1.82) is 0 Å². The molecule has 3 rings (SSSR count). The number of carbonyl (C=O) groups excluding carboxylic acids is 2. The Hall–Kier alpha value is -2.83. The first-order valence-electron chi connectivity index (χ1n) is 8.87. The van der Waals surface area contributed by atoms with Crippen molar-refractivity contribution in [3.05, 3.63) is 47.2 Å². The maximum Gasteiger partial charge on any atom is 0.253 e. The van der Waals surface area contributed by atoms with Crippen molar-refractivity contribution in [2.24, 2.45) is 0 Å². The van der Waals surface area contributed by atoms with Gasteiger partial charge in [0.1, 0.15) is 12.4 Å². The standard InChI is InChI=1S/C19H25N5O2/c1-13-3-5-15(6-4-13)19(26)23-9-7-16(8-10-23)21-18(25)12-24-17(20)11-14(2)22-24/h3-6,11,16H,7-10,12,20H2,1-2H3,(H,21,25). The molecule has 7 heteroatoms. The highest BCUT2D eigenvalue weighted by Gasteiger charge is 2.24. The second-order valence-corrected chi connectivity index (χ2v) is 6.87. The van der Waals surface area contributed by atoms with Crippen LogP contribution >= 0.6 is 0 Å². The molecule has 0 aliphatic carbocycles. The van der Waals surface area contributed by atoms with Crippen LogP contribution in [0.5, 0.6) is 0 Å². The van der Waals surface area contributed by atoms with Crippen molar-refractivity contribution < 1.29 is 9.59 Å². The second-order valence-electron chi connectivity index (χ2n) is 6.87. The number of amides is 2. The molecule has 0 radical (unpaired) electrons. The van der Waals surface area contributed by atoms with E-state index in [4.69, 9.17) is 5.73 Å². The summed E-state index contributed by atoms with van der Waals surface area (Å²) < 4.78 is 1.50. The Morgan fingerprint density at radius 3 is 2.42 bits per heavy atom. The zero-order valence-corrected chi connectivity index (χ0v) is 15.2. The summed E-state index contributed by atoms with van der Waals surface area (Å²) in [4.78, 5) is 26.6.